The average Bonchev–Trinajstić information content (AvgIpc) is 2.83. The van der Waals surface area contributed by atoms with Gasteiger partial charge >= 0.3 is 0 Å². The van der Waals surface area contributed by atoms with Crippen molar-refractivity contribution >= 4 is 11.8 Å². The van der Waals surface area contributed by atoms with Crippen LogP contribution < -0.4 is 5.32 Å². The molecule has 3 rings (SSSR count). The van der Waals surface area contributed by atoms with Crippen LogP contribution in [0.1, 0.15) is 28.4 Å². The summed E-state index contributed by atoms with van der Waals surface area (Å²) in [5, 5.41) is 10.2. The number of nitrogens with one attached hydrogen (secondary N) is 1. The molecule has 0 aliphatic carbocycles. The summed E-state index contributed by atoms with van der Waals surface area (Å²) in [7, 11) is 1.74. The maximum absolute atomic E-state index is 12.3. The SMILES string of the molecule is CN1C(=O)C[C@@H](NC(=O)c2ccnnc2)[C@@H]1c1cccnc1. The zero-order chi connectivity index (χ0) is 15.5. The largest absolute Gasteiger partial charge is 0.346 e. The number of hydrogen-bond donors (Lipinski definition) is 1. The second-order valence-electron chi connectivity index (χ2n) is 5.15. The van der Waals surface area contributed by atoms with Crippen LogP contribution in [0.3, 0.4) is 0 Å². The number of amides is 2. The molecule has 0 unspecified atom stereocenters. The van der Waals surface area contributed by atoms with Crippen LogP contribution in [0, 0.1) is 0 Å². The number of carbonyl (C=O) groups is 2. The smallest absolute Gasteiger partial charge is 0.253 e. The lowest BCUT2D eigenvalue weighted by atomic mass is 10.0. The summed E-state index contributed by atoms with van der Waals surface area (Å²) in [6, 6.07) is 4.78. The summed E-state index contributed by atoms with van der Waals surface area (Å²) >= 11 is 0. The molecule has 1 aliphatic rings. The predicted octanol–water partition coefficient (Wildman–Crippen LogP) is 0.573. The Hall–Kier alpha value is -2.83. The van der Waals surface area contributed by atoms with Crippen LogP contribution in [0.5, 0.6) is 0 Å². The van der Waals surface area contributed by atoms with Gasteiger partial charge in [0, 0.05) is 25.9 Å². The minimum atomic E-state index is -0.303. The number of likely N-dealkylation sites (tertiary alicyclic amines) is 1. The summed E-state index contributed by atoms with van der Waals surface area (Å²) < 4.78 is 0. The van der Waals surface area contributed by atoms with Gasteiger partial charge in [0.05, 0.1) is 30.0 Å². The van der Waals surface area contributed by atoms with Gasteiger partial charge in [-0.2, -0.15) is 10.2 Å². The van der Waals surface area contributed by atoms with Crippen molar-refractivity contribution in [3.63, 3.8) is 0 Å². The number of pyridine rings is 1. The topological polar surface area (TPSA) is 88.1 Å². The minimum absolute atomic E-state index is 0.00740. The lowest BCUT2D eigenvalue weighted by Gasteiger charge is -2.25. The molecular formula is C15H15N5O2. The van der Waals surface area contributed by atoms with E-state index < -0.39 is 0 Å². The van der Waals surface area contributed by atoms with E-state index in [4.69, 9.17) is 0 Å². The van der Waals surface area contributed by atoms with Gasteiger partial charge in [-0.15, -0.1) is 0 Å². The van der Waals surface area contributed by atoms with Crippen LogP contribution in [0.2, 0.25) is 0 Å². The molecule has 2 atom stereocenters. The van der Waals surface area contributed by atoms with Crippen molar-refractivity contribution in [2.45, 2.75) is 18.5 Å². The summed E-state index contributed by atoms with van der Waals surface area (Å²) in [6.07, 6.45) is 6.51. The van der Waals surface area contributed by atoms with Gasteiger partial charge in [0.2, 0.25) is 5.91 Å². The minimum Gasteiger partial charge on any atom is -0.346 e. The van der Waals surface area contributed by atoms with E-state index in [-0.39, 0.29) is 30.3 Å². The van der Waals surface area contributed by atoms with E-state index in [2.05, 4.69) is 20.5 Å². The van der Waals surface area contributed by atoms with Gasteiger partial charge in [-0.3, -0.25) is 14.6 Å². The van der Waals surface area contributed by atoms with E-state index in [1.165, 1.54) is 12.4 Å². The van der Waals surface area contributed by atoms with E-state index in [1.807, 2.05) is 12.1 Å². The number of rotatable bonds is 3. The van der Waals surface area contributed by atoms with E-state index in [0.29, 0.717) is 5.56 Å². The van der Waals surface area contributed by atoms with Crippen LogP contribution in [0.15, 0.2) is 43.0 Å². The summed E-state index contributed by atoms with van der Waals surface area (Å²) in [5.74, 6) is -0.274. The molecule has 1 aliphatic heterocycles. The molecule has 112 valence electrons. The summed E-state index contributed by atoms with van der Waals surface area (Å²) in [5.41, 5.74) is 1.32. The lowest BCUT2D eigenvalue weighted by Crippen LogP contribution is -2.39. The molecule has 1 N–H and O–H groups in total. The molecule has 0 radical (unpaired) electrons. The van der Waals surface area contributed by atoms with Crippen LogP contribution in [-0.4, -0.2) is 45.0 Å². The third-order valence-electron chi connectivity index (χ3n) is 3.78. The molecule has 2 amide bonds. The van der Waals surface area contributed by atoms with Crippen LogP contribution >= 0.6 is 0 Å². The normalized spacial score (nSPS) is 21.0. The second-order valence-corrected chi connectivity index (χ2v) is 5.15. The van der Waals surface area contributed by atoms with E-state index in [0.717, 1.165) is 5.56 Å². The quantitative estimate of drug-likeness (QED) is 0.895. The van der Waals surface area contributed by atoms with Crippen molar-refractivity contribution in [2.24, 2.45) is 0 Å². The Balaban J connectivity index is 1.82. The number of nitrogens with zero attached hydrogens (tertiary/aromatic N) is 4. The van der Waals surface area contributed by atoms with E-state index in [9.17, 15) is 9.59 Å². The van der Waals surface area contributed by atoms with Gasteiger partial charge in [-0.25, -0.2) is 0 Å². The number of carbonyl (C=O) groups excluding carboxylic acids is 2. The molecule has 1 saturated heterocycles. The highest BCUT2D eigenvalue weighted by Gasteiger charge is 2.39. The van der Waals surface area contributed by atoms with E-state index in [1.54, 1.807) is 30.4 Å². The third kappa shape index (κ3) is 2.65. The molecule has 2 aromatic rings. The molecule has 3 heterocycles. The van der Waals surface area contributed by atoms with Gasteiger partial charge in [0.1, 0.15) is 0 Å². The van der Waals surface area contributed by atoms with Gasteiger partial charge in [0.25, 0.3) is 5.91 Å². The Kier molecular flexibility index (Phi) is 3.78. The number of hydrogen-bond acceptors (Lipinski definition) is 5. The number of likely N-dealkylation sites (N-methyl/N-ethyl adjacent to an activating group) is 1. The van der Waals surface area contributed by atoms with Crippen molar-refractivity contribution in [1.29, 1.82) is 0 Å². The van der Waals surface area contributed by atoms with Crippen molar-refractivity contribution in [3.05, 3.63) is 54.1 Å². The number of aromatic nitrogens is 3. The lowest BCUT2D eigenvalue weighted by molar-refractivity contribution is -0.127. The first-order chi connectivity index (χ1) is 10.7. The molecule has 2 aromatic heterocycles. The second kappa shape index (κ2) is 5.88. The first-order valence-electron chi connectivity index (χ1n) is 6.90. The fourth-order valence-corrected chi connectivity index (χ4v) is 2.68. The third-order valence-corrected chi connectivity index (χ3v) is 3.78. The Morgan fingerprint density at radius 2 is 2.14 bits per heavy atom. The molecule has 0 spiro atoms. The van der Waals surface area contributed by atoms with Gasteiger partial charge < -0.3 is 10.2 Å². The Morgan fingerprint density at radius 3 is 2.82 bits per heavy atom. The highest BCUT2D eigenvalue weighted by Crippen LogP contribution is 2.31. The van der Waals surface area contributed by atoms with Crippen LogP contribution in [-0.2, 0) is 4.79 Å². The molecule has 7 nitrogen and oxygen atoms in total. The van der Waals surface area contributed by atoms with Crippen molar-refractivity contribution in [1.82, 2.24) is 25.4 Å². The predicted molar refractivity (Wildman–Crippen MR) is 77.7 cm³/mol. The standard InChI is InChI=1S/C15H15N5O2/c1-20-13(21)7-12(14(20)10-3-2-5-16-8-10)19-15(22)11-4-6-17-18-9-11/h2-6,8-9,12,14H,7H2,1H3,(H,19,22)/t12-,14+/m1/s1. The molecule has 7 heteroatoms. The molecule has 1 fully saturated rings. The van der Waals surface area contributed by atoms with Crippen molar-refractivity contribution < 1.29 is 9.59 Å². The van der Waals surface area contributed by atoms with E-state index >= 15 is 0 Å². The molecule has 0 saturated carbocycles. The zero-order valence-corrected chi connectivity index (χ0v) is 12.0. The van der Waals surface area contributed by atoms with Crippen LogP contribution in [0.25, 0.3) is 0 Å². The Bertz CT molecular complexity index is 677. The van der Waals surface area contributed by atoms with Crippen LogP contribution in [0.4, 0.5) is 0 Å². The fraction of sp³-hybridized carbons (Fsp3) is 0.267. The monoisotopic (exact) mass is 297 g/mol. The van der Waals surface area contributed by atoms with Gasteiger partial charge in [-0.05, 0) is 17.7 Å². The fourth-order valence-electron chi connectivity index (χ4n) is 2.68. The summed E-state index contributed by atoms with van der Waals surface area (Å²) in [6.45, 7) is 0. The van der Waals surface area contributed by atoms with Gasteiger partial charge in [0.15, 0.2) is 0 Å². The van der Waals surface area contributed by atoms with Crippen molar-refractivity contribution in [3.8, 4) is 0 Å². The Labute approximate surface area is 127 Å². The highest BCUT2D eigenvalue weighted by atomic mass is 16.2. The maximum Gasteiger partial charge on any atom is 0.253 e. The first-order valence-corrected chi connectivity index (χ1v) is 6.90. The summed E-state index contributed by atoms with van der Waals surface area (Å²) in [4.78, 5) is 30.0. The maximum atomic E-state index is 12.3. The molecule has 0 bridgehead atoms. The zero-order valence-electron chi connectivity index (χ0n) is 12.0. The Morgan fingerprint density at radius 1 is 1.27 bits per heavy atom. The van der Waals surface area contributed by atoms with Gasteiger partial charge in [-0.1, -0.05) is 6.07 Å². The molecular weight excluding hydrogens is 282 g/mol. The molecule has 0 aromatic carbocycles. The van der Waals surface area contributed by atoms with Crippen molar-refractivity contribution in [2.75, 3.05) is 7.05 Å². The highest BCUT2D eigenvalue weighted by molar-refractivity contribution is 5.94. The average molecular weight is 297 g/mol. The first kappa shape index (κ1) is 14.1. The molecule has 22 heavy (non-hydrogen) atoms.